The average molecular weight is 479 g/mol. The first kappa shape index (κ1) is 24.8. The van der Waals surface area contributed by atoms with Gasteiger partial charge >= 0.3 is 0 Å². The number of likely N-dealkylation sites (tertiary alicyclic amines) is 1. The highest BCUT2D eigenvalue weighted by atomic mass is 16.5. The smallest absolute Gasteiger partial charge is 0.295 e. The largest absolute Gasteiger partial charge is 0.872 e. The second-order valence-corrected chi connectivity index (χ2v) is 9.26. The zero-order valence-corrected chi connectivity index (χ0v) is 20.9. The van der Waals surface area contributed by atoms with Gasteiger partial charge in [0.05, 0.1) is 32.8 Å². The van der Waals surface area contributed by atoms with Crippen molar-refractivity contribution in [2.45, 2.75) is 45.8 Å². The molecule has 0 radical (unpaired) electrons. The molecule has 2 aliphatic rings. The van der Waals surface area contributed by atoms with Crippen LogP contribution in [0.2, 0.25) is 0 Å². The molecule has 1 fully saturated rings. The van der Waals surface area contributed by atoms with E-state index < -0.39 is 23.5 Å². The van der Waals surface area contributed by atoms with E-state index in [4.69, 9.17) is 9.47 Å². The van der Waals surface area contributed by atoms with Crippen LogP contribution in [0.5, 0.6) is 11.5 Å². The molecule has 1 N–H and O–H groups in total. The van der Waals surface area contributed by atoms with Gasteiger partial charge in [-0.05, 0) is 61.7 Å². The van der Waals surface area contributed by atoms with Crippen LogP contribution in [0.1, 0.15) is 49.9 Å². The molecular weight excluding hydrogens is 444 g/mol. The number of benzene rings is 2. The van der Waals surface area contributed by atoms with Crippen LogP contribution in [0.25, 0.3) is 5.76 Å². The van der Waals surface area contributed by atoms with Crippen LogP contribution in [-0.2, 0) is 16.0 Å². The van der Waals surface area contributed by atoms with E-state index in [1.807, 2.05) is 19.1 Å². The van der Waals surface area contributed by atoms with Crippen LogP contribution < -0.4 is 19.5 Å². The molecule has 2 aromatic rings. The molecule has 2 aromatic carbocycles. The van der Waals surface area contributed by atoms with E-state index in [1.54, 1.807) is 42.3 Å². The highest BCUT2D eigenvalue weighted by Gasteiger charge is 2.44. The zero-order valence-electron chi connectivity index (χ0n) is 20.9. The first-order valence-corrected chi connectivity index (χ1v) is 12.4. The lowest BCUT2D eigenvalue weighted by atomic mass is 9.94. The summed E-state index contributed by atoms with van der Waals surface area (Å²) in [5, 5.41) is 13.7. The number of methoxy groups -OCH3 is 1. The fraction of sp³-hybridized carbons (Fsp3) is 0.429. The maximum atomic E-state index is 13.7. The molecule has 0 aliphatic carbocycles. The fourth-order valence-electron chi connectivity index (χ4n) is 5.06. The predicted molar refractivity (Wildman–Crippen MR) is 131 cm³/mol. The van der Waals surface area contributed by atoms with Crippen LogP contribution in [0.4, 0.5) is 0 Å². The Bertz CT molecular complexity index is 1120. The van der Waals surface area contributed by atoms with Crippen molar-refractivity contribution < 1.29 is 29.1 Å². The number of hydrogen-bond acceptors (Lipinski definition) is 5. The Labute approximate surface area is 206 Å². The van der Waals surface area contributed by atoms with Crippen molar-refractivity contribution >= 4 is 17.4 Å². The van der Waals surface area contributed by atoms with E-state index in [0.717, 1.165) is 42.9 Å². The van der Waals surface area contributed by atoms with Crippen LogP contribution in [0, 0.1) is 0 Å². The average Bonchev–Trinajstić information content (AvgIpc) is 3.37. The number of ketones is 1. The molecule has 2 atom stereocenters. The summed E-state index contributed by atoms with van der Waals surface area (Å²) in [5.41, 5.74) is 2.09. The number of Topliss-reactive ketones (excluding diaryl/α,β-unsaturated/α-hetero) is 1. The van der Waals surface area contributed by atoms with E-state index in [2.05, 4.69) is 13.8 Å². The van der Waals surface area contributed by atoms with Crippen molar-refractivity contribution in [3.05, 3.63) is 64.7 Å². The van der Waals surface area contributed by atoms with Crippen LogP contribution in [0.15, 0.2) is 48.0 Å². The number of carbonyl (C=O) groups is 2. The Balaban J connectivity index is 1.73. The number of nitrogens with zero attached hydrogens (tertiary/aromatic N) is 1. The molecule has 7 nitrogen and oxygen atoms in total. The van der Waals surface area contributed by atoms with Crippen molar-refractivity contribution in [1.82, 2.24) is 4.90 Å². The molecule has 2 unspecified atom stereocenters. The lowest BCUT2D eigenvalue weighted by molar-refractivity contribution is -0.896. The standard InChI is InChI=1S/C28H34N2O5/c1-5-29(6-2)14-7-15-30-25(19-8-11-22(34-4)12-9-19)24(27(32)28(30)33)26(31)20-10-13-23-21(17-20)16-18(3)35-23/h8-13,17-18,25,31H,5-7,14-16H2,1-4H3/b26-24+. The molecule has 2 aliphatic heterocycles. The number of quaternary nitrogens is 1. The first-order valence-electron chi connectivity index (χ1n) is 12.4. The topological polar surface area (TPSA) is 83.3 Å². The molecule has 35 heavy (non-hydrogen) atoms. The minimum atomic E-state index is -0.719. The van der Waals surface area contributed by atoms with Crippen molar-refractivity contribution in [1.29, 1.82) is 0 Å². The molecule has 2 heterocycles. The predicted octanol–water partition coefficient (Wildman–Crippen LogP) is 1.56. The third-order valence-corrected chi connectivity index (χ3v) is 7.05. The Kier molecular flexibility index (Phi) is 7.45. The van der Waals surface area contributed by atoms with Gasteiger partial charge in [-0.1, -0.05) is 24.0 Å². The van der Waals surface area contributed by atoms with Crippen molar-refractivity contribution in [3.63, 3.8) is 0 Å². The van der Waals surface area contributed by atoms with Crippen LogP contribution >= 0.6 is 0 Å². The lowest BCUT2D eigenvalue weighted by Crippen LogP contribution is -3.11. The molecule has 1 saturated heterocycles. The minimum absolute atomic E-state index is 0.0160. The van der Waals surface area contributed by atoms with Crippen molar-refractivity contribution in [3.8, 4) is 11.5 Å². The Morgan fingerprint density at radius 2 is 1.86 bits per heavy atom. The molecule has 186 valence electrons. The molecule has 0 bridgehead atoms. The summed E-state index contributed by atoms with van der Waals surface area (Å²) in [4.78, 5) is 29.4. The highest BCUT2D eigenvalue weighted by Crippen LogP contribution is 2.40. The van der Waals surface area contributed by atoms with Gasteiger partial charge in [0.15, 0.2) is 0 Å². The number of rotatable bonds is 9. The quantitative estimate of drug-likeness (QED) is 0.336. The molecule has 0 spiro atoms. The maximum Gasteiger partial charge on any atom is 0.295 e. The van der Waals surface area contributed by atoms with Gasteiger partial charge in [0.2, 0.25) is 5.78 Å². The molecule has 4 rings (SSSR count). The van der Waals surface area contributed by atoms with Gasteiger partial charge in [0, 0.05) is 25.0 Å². The summed E-state index contributed by atoms with van der Waals surface area (Å²) in [6, 6.07) is 11.8. The Hall–Kier alpha value is -3.32. The summed E-state index contributed by atoms with van der Waals surface area (Å²) in [6.07, 6.45) is 1.51. The van der Waals surface area contributed by atoms with Gasteiger partial charge in [-0.15, -0.1) is 0 Å². The number of hydrogen-bond donors (Lipinski definition) is 1. The van der Waals surface area contributed by atoms with E-state index in [1.165, 1.54) is 4.90 Å². The minimum Gasteiger partial charge on any atom is -0.872 e. The van der Waals surface area contributed by atoms with Gasteiger partial charge in [0.25, 0.3) is 5.91 Å². The van der Waals surface area contributed by atoms with E-state index >= 15 is 0 Å². The number of ether oxygens (including phenoxy) is 2. The molecule has 7 heteroatoms. The number of amides is 1. The van der Waals surface area contributed by atoms with E-state index in [0.29, 0.717) is 24.3 Å². The fourth-order valence-corrected chi connectivity index (χ4v) is 5.06. The van der Waals surface area contributed by atoms with Gasteiger partial charge in [0.1, 0.15) is 17.6 Å². The van der Waals surface area contributed by atoms with Crippen LogP contribution in [-0.4, -0.2) is 56.0 Å². The number of fused-ring (bicyclic) bond motifs is 1. The first-order chi connectivity index (χ1) is 16.9. The van der Waals surface area contributed by atoms with Gasteiger partial charge in [-0.3, -0.25) is 9.59 Å². The van der Waals surface area contributed by atoms with E-state index in [9.17, 15) is 14.7 Å². The van der Waals surface area contributed by atoms with E-state index in [-0.39, 0.29) is 11.7 Å². The monoisotopic (exact) mass is 478 g/mol. The van der Waals surface area contributed by atoms with Gasteiger partial charge in [-0.2, -0.15) is 0 Å². The molecular formula is C28H34N2O5. The van der Waals surface area contributed by atoms with Gasteiger partial charge in [-0.25, -0.2) is 0 Å². The highest BCUT2D eigenvalue weighted by molar-refractivity contribution is 6.46. The summed E-state index contributed by atoms with van der Waals surface area (Å²) in [5.74, 6) is -0.289. The summed E-state index contributed by atoms with van der Waals surface area (Å²) >= 11 is 0. The second-order valence-electron chi connectivity index (χ2n) is 9.26. The molecule has 1 amide bonds. The molecule has 0 aromatic heterocycles. The Morgan fingerprint density at radius 1 is 1.14 bits per heavy atom. The summed E-state index contributed by atoms with van der Waals surface area (Å²) in [7, 11) is 1.58. The Morgan fingerprint density at radius 3 is 2.51 bits per heavy atom. The maximum absolute atomic E-state index is 13.7. The van der Waals surface area contributed by atoms with Gasteiger partial charge < -0.3 is 24.4 Å². The van der Waals surface area contributed by atoms with Crippen LogP contribution in [0.3, 0.4) is 0 Å². The number of nitrogens with one attached hydrogen (secondary N) is 1. The SMILES string of the molecule is CC[NH+](CC)CCCN1C(=O)C(=O)/C(=C(/[O-])c2ccc3c(c2)CC(C)O3)C1c1ccc(OC)cc1. The normalized spacial score (nSPS) is 20.9. The third-order valence-electron chi connectivity index (χ3n) is 7.05. The second kappa shape index (κ2) is 10.5. The number of carbonyl (C=O) groups excluding carboxylic acids is 2. The van der Waals surface area contributed by atoms with Crippen molar-refractivity contribution in [2.24, 2.45) is 0 Å². The third kappa shape index (κ3) is 4.91. The molecule has 0 saturated carbocycles. The lowest BCUT2D eigenvalue weighted by Gasteiger charge is -2.28. The zero-order chi connectivity index (χ0) is 25.1. The summed E-state index contributed by atoms with van der Waals surface area (Å²) < 4.78 is 11.0. The summed E-state index contributed by atoms with van der Waals surface area (Å²) in [6.45, 7) is 9.56. The van der Waals surface area contributed by atoms with Crippen molar-refractivity contribution in [2.75, 3.05) is 33.3 Å².